The van der Waals surface area contributed by atoms with Crippen molar-refractivity contribution in [1.29, 1.82) is 0 Å². The van der Waals surface area contributed by atoms with Crippen LogP contribution in [0.15, 0.2) is 23.0 Å². The number of aliphatic hydroxyl groups excluding tert-OH is 1. The topological polar surface area (TPSA) is 68.4 Å². The van der Waals surface area contributed by atoms with Crippen LogP contribution in [0.1, 0.15) is 16.7 Å². The summed E-state index contributed by atoms with van der Waals surface area (Å²) in [6.07, 6.45) is 0. The lowest BCUT2D eigenvalue weighted by Crippen LogP contribution is -2.40. The van der Waals surface area contributed by atoms with Gasteiger partial charge < -0.3 is 20.3 Å². The van der Waals surface area contributed by atoms with Gasteiger partial charge in [0.25, 0.3) is 5.56 Å². The molecule has 0 saturated carbocycles. The first kappa shape index (κ1) is 16.5. The van der Waals surface area contributed by atoms with Gasteiger partial charge in [0, 0.05) is 24.7 Å². The fourth-order valence-electron chi connectivity index (χ4n) is 2.38. The van der Waals surface area contributed by atoms with Crippen molar-refractivity contribution in [3.8, 4) is 0 Å². The molecule has 1 aromatic carbocycles. The molecule has 2 rings (SSSR count). The summed E-state index contributed by atoms with van der Waals surface area (Å²) < 4.78 is 0. The van der Waals surface area contributed by atoms with Gasteiger partial charge in [0.05, 0.1) is 13.2 Å². The Balaban J connectivity index is 2.42. The van der Waals surface area contributed by atoms with Crippen LogP contribution in [0.4, 0.5) is 0 Å². The van der Waals surface area contributed by atoms with Crippen molar-refractivity contribution in [2.45, 2.75) is 20.4 Å². The van der Waals surface area contributed by atoms with Gasteiger partial charge in [-0.25, -0.2) is 0 Å². The molecular weight excluding hydrogens is 298 g/mol. The van der Waals surface area contributed by atoms with Gasteiger partial charge in [-0.2, -0.15) is 0 Å². The first-order valence-corrected chi connectivity index (χ1v) is 7.57. The van der Waals surface area contributed by atoms with Gasteiger partial charge in [0.2, 0.25) is 0 Å². The van der Waals surface area contributed by atoms with E-state index in [0.717, 1.165) is 16.5 Å². The molecule has 0 aliphatic carbocycles. The number of aryl methyl sites for hydroxylation is 2. The summed E-state index contributed by atoms with van der Waals surface area (Å²) in [5, 5.41) is 13.5. The SMILES string of the molecule is CNC(=S)N(CCO)Cc1cc2cc(C)c(C)cc2[nH]c1=O. The summed E-state index contributed by atoms with van der Waals surface area (Å²) in [5.41, 5.74) is 3.67. The maximum Gasteiger partial charge on any atom is 0.253 e. The Hall–Kier alpha value is -1.92. The molecule has 0 spiro atoms. The predicted molar refractivity (Wildman–Crippen MR) is 93.2 cm³/mol. The van der Waals surface area contributed by atoms with Crippen LogP contribution in [0.5, 0.6) is 0 Å². The van der Waals surface area contributed by atoms with Gasteiger partial charge >= 0.3 is 0 Å². The van der Waals surface area contributed by atoms with Crippen LogP contribution in [0.3, 0.4) is 0 Å². The van der Waals surface area contributed by atoms with Crippen LogP contribution in [0.2, 0.25) is 0 Å². The monoisotopic (exact) mass is 319 g/mol. The Morgan fingerprint density at radius 1 is 1.32 bits per heavy atom. The highest BCUT2D eigenvalue weighted by molar-refractivity contribution is 7.80. The lowest BCUT2D eigenvalue weighted by molar-refractivity contribution is 0.245. The molecule has 0 radical (unpaired) electrons. The van der Waals surface area contributed by atoms with Crippen molar-refractivity contribution in [3.05, 3.63) is 45.2 Å². The summed E-state index contributed by atoms with van der Waals surface area (Å²) in [6.45, 7) is 4.79. The second kappa shape index (κ2) is 6.89. The molecule has 3 N–H and O–H groups in total. The molecule has 0 unspecified atom stereocenters. The van der Waals surface area contributed by atoms with E-state index in [0.29, 0.717) is 23.8 Å². The largest absolute Gasteiger partial charge is 0.395 e. The van der Waals surface area contributed by atoms with Crippen molar-refractivity contribution < 1.29 is 5.11 Å². The summed E-state index contributed by atoms with van der Waals surface area (Å²) >= 11 is 5.21. The van der Waals surface area contributed by atoms with Gasteiger partial charge in [0.15, 0.2) is 5.11 Å². The minimum Gasteiger partial charge on any atom is -0.395 e. The fraction of sp³-hybridized carbons (Fsp3) is 0.375. The van der Waals surface area contributed by atoms with Crippen LogP contribution in [-0.2, 0) is 6.54 Å². The zero-order chi connectivity index (χ0) is 16.3. The molecule has 118 valence electrons. The zero-order valence-corrected chi connectivity index (χ0v) is 13.9. The van der Waals surface area contributed by atoms with Crippen LogP contribution >= 0.6 is 12.2 Å². The number of aromatic amines is 1. The second-order valence-electron chi connectivity index (χ2n) is 5.35. The van der Waals surface area contributed by atoms with Crippen molar-refractivity contribution in [2.75, 3.05) is 20.2 Å². The number of nitrogens with one attached hydrogen (secondary N) is 2. The molecule has 0 atom stereocenters. The van der Waals surface area contributed by atoms with Crippen molar-refractivity contribution in [3.63, 3.8) is 0 Å². The van der Waals surface area contributed by atoms with E-state index in [1.807, 2.05) is 26.0 Å². The Morgan fingerprint density at radius 2 is 2.00 bits per heavy atom. The molecule has 22 heavy (non-hydrogen) atoms. The number of benzene rings is 1. The van der Waals surface area contributed by atoms with Gasteiger partial charge in [-0.3, -0.25) is 4.79 Å². The maximum atomic E-state index is 12.3. The van der Waals surface area contributed by atoms with E-state index < -0.39 is 0 Å². The third-order valence-corrected chi connectivity index (χ3v) is 4.23. The number of fused-ring (bicyclic) bond motifs is 1. The van der Waals surface area contributed by atoms with E-state index in [9.17, 15) is 4.79 Å². The highest BCUT2D eigenvalue weighted by Gasteiger charge is 2.12. The first-order chi connectivity index (χ1) is 10.5. The average Bonchev–Trinajstić information content (AvgIpc) is 2.48. The van der Waals surface area contributed by atoms with Crippen LogP contribution < -0.4 is 10.9 Å². The Morgan fingerprint density at radius 3 is 2.64 bits per heavy atom. The molecule has 5 nitrogen and oxygen atoms in total. The number of rotatable bonds is 4. The van der Waals surface area contributed by atoms with E-state index in [4.69, 9.17) is 17.3 Å². The molecule has 0 amide bonds. The molecule has 6 heteroatoms. The third-order valence-electron chi connectivity index (χ3n) is 3.77. The lowest BCUT2D eigenvalue weighted by Gasteiger charge is -2.23. The van der Waals surface area contributed by atoms with Gasteiger partial charge in [-0.1, -0.05) is 0 Å². The maximum absolute atomic E-state index is 12.3. The van der Waals surface area contributed by atoms with Gasteiger partial charge in [-0.05, 0) is 60.8 Å². The number of aliphatic hydroxyl groups is 1. The Kier molecular flexibility index (Phi) is 5.15. The van der Waals surface area contributed by atoms with Crippen LogP contribution in [-0.4, -0.2) is 40.3 Å². The number of pyridine rings is 1. The summed E-state index contributed by atoms with van der Waals surface area (Å²) in [6, 6.07) is 5.94. The van der Waals surface area contributed by atoms with E-state index >= 15 is 0 Å². The van der Waals surface area contributed by atoms with E-state index in [2.05, 4.69) is 16.4 Å². The number of hydrogen-bond donors (Lipinski definition) is 3. The standard InChI is InChI=1S/C16H21N3O2S/c1-10-6-12-8-13(9-19(4-5-20)16(22)17-3)15(21)18-14(12)7-11(10)2/h6-8,20H,4-5,9H2,1-3H3,(H,17,22)(H,18,21). The molecular formula is C16H21N3O2S. The minimum absolute atomic E-state index is 0.0222. The van der Waals surface area contributed by atoms with Crippen LogP contribution in [0, 0.1) is 13.8 Å². The highest BCUT2D eigenvalue weighted by atomic mass is 32.1. The number of hydrogen-bond acceptors (Lipinski definition) is 3. The number of thiocarbonyl (C=S) groups is 1. The Bertz CT molecular complexity index is 755. The predicted octanol–water partition coefficient (Wildman–Crippen LogP) is 1.44. The van der Waals surface area contributed by atoms with E-state index in [-0.39, 0.29) is 12.2 Å². The molecule has 0 aliphatic rings. The van der Waals surface area contributed by atoms with Gasteiger partial charge in [-0.15, -0.1) is 0 Å². The average molecular weight is 319 g/mol. The van der Waals surface area contributed by atoms with Crippen molar-refractivity contribution in [2.24, 2.45) is 0 Å². The molecule has 1 heterocycles. The lowest BCUT2D eigenvalue weighted by atomic mass is 10.0. The molecule has 0 saturated heterocycles. The minimum atomic E-state index is -0.127. The number of nitrogens with zero attached hydrogens (tertiary/aromatic N) is 1. The van der Waals surface area contributed by atoms with E-state index in [1.54, 1.807) is 11.9 Å². The second-order valence-corrected chi connectivity index (χ2v) is 5.73. The normalized spacial score (nSPS) is 10.7. The third kappa shape index (κ3) is 3.45. The van der Waals surface area contributed by atoms with Gasteiger partial charge in [0.1, 0.15) is 0 Å². The summed E-state index contributed by atoms with van der Waals surface area (Å²) in [7, 11) is 1.73. The molecule has 0 fully saturated rings. The smallest absolute Gasteiger partial charge is 0.253 e. The van der Waals surface area contributed by atoms with Crippen molar-refractivity contribution >= 4 is 28.2 Å². The molecule has 2 aromatic rings. The van der Waals surface area contributed by atoms with Crippen molar-refractivity contribution in [1.82, 2.24) is 15.2 Å². The highest BCUT2D eigenvalue weighted by Crippen LogP contribution is 2.17. The zero-order valence-electron chi connectivity index (χ0n) is 13.1. The van der Waals surface area contributed by atoms with E-state index in [1.165, 1.54) is 5.56 Å². The van der Waals surface area contributed by atoms with Crippen LogP contribution in [0.25, 0.3) is 10.9 Å². The summed E-state index contributed by atoms with van der Waals surface area (Å²) in [4.78, 5) is 17.0. The molecule has 0 bridgehead atoms. The Labute approximate surface area is 135 Å². The number of aromatic nitrogens is 1. The number of H-pyrrole nitrogens is 1. The first-order valence-electron chi connectivity index (χ1n) is 7.17. The summed E-state index contributed by atoms with van der Waals surface area (Å²) in [5.74, 6) is 0. The quantitative estimate of drug-likeness (QED) is 0.744. The molecule has 0 aliphatic heterocycles. The molecule has 1 aromatic heterocycles. The fourth-order valence-corrected chi connectivity index (χ4v) is 2.53.